The molecule has 0 aliphatic heterocycles. The Morgan fingerprint density at radius 3 is 2.57 bits per heavy atom. The fraction of sp³-hybridized carbons (Fsp3) is 0.417. The lowest BCUT2D eigenvalue weighted by Gasteiger charge is -2.10. The lowest BCUT2D eigenvalue weighted by atomic mass is 10.3. The third-order valence-electron chi connectivity index (χ3n) is 3.49. The van der Waals surface area contributed by atoms with Crippen LogP contribution in [-0.2, 0) is 14.1 Å². The number of aryl methyl sites for hydroxylation is 2. The quantitative estimate of drug-likeness (QED) is 0.644. The number of hydrogen-bond donors (Lipinski definition) is 0. The van der Waals surface area contributed by atoms with Gasteiger partial charge in [0.25, 0.3) is 5.56 Å². The van der Waals surface area contributed by atoms with Crippen molar-refractivity contribution in [3.05, 3.63) is 38.9 Å². The molecule has 0 fully saturated rings. The van der Waals surface area contributed by atoms with E-state index in [1.165, 1.54) is 17.9 Å². The van der Waals surface area contributed by atoms with Gasteiger partial charge in [0.15, 0.2) is 17.0 Å². The zero-order chi connectivity index (χ0) is 15.3. The first kappa shape index (κ1) is 13.3. The Morgan fingerprint density at radius 2 is 1.95 bits per heavy atom. The van der Waals surface area contributed by atoms with Crippen LogP contribution < -0.4 is 11.2 Å². The van der Waals surface area contributed by atoms with E-state index >= 15 is 0 Å². The highest BCUT2D eigenvalue weighted by molar-refractivity contribution is 5.70. The topological polar surface area (TPSA) is 101 Å². The van der Waals surface area contributed by atoms with E-state index in [0.717, 1.165) is 4.57 Å². The van der Waals surface area contributed by atoms with E-state index in [1.807, 2.05) is 6.92 Å². The smallest absolute Gasteiger partial charge is 0.332 e. The van der Waals surface area contributed by atoms with Gasteiger partial charge in [-0.05, 0) is 13.8 Å². The Bertz CT molecular complexity index is 944. The van der Waals surface area contributed by atoms with E-state index in [9.17, 15) is 9.59 Å². The van der Waals surface area contributed by atoms with Crippen LogP contribution >= 0.6 is 0 Å². The van der Waals surface area contributed by atoms with Crippen LogP contribution in [0.1, 0.15) is 24.7 Å². The van der Waals surface area contributed by atoms with Crippen molar-refractivity contribution >= 4 is 11.2 Å². The molecule has 0 saturated carbocycles. The molecule has 0 saturated heterocycles. The Balaban J connectivity index is 2.30. The number of rotatable bonds is 2. The summed E-state index contributed by atoms with van der Waals surface area (Å²) in [5.41, 5.74) is -0.179. The van der Waals surface area contributed by atoms with Crippen molar-refractivity contribution in [3.8, 4) is 0 Å². The van der Waals surface area contributed by atoms with Gasteiger partial charge in [0.2, 0.25) is 5.89 Å². The normalized spacial score (nSPS) is 13.0. The van der Waals surface area contributed by atoms with Crippen LogP contribution in [0.15, 0.2) is 20.4 Å². The molecule has 9 heteroatoms. The minimum atomic E-state index is -0.418. The predicted molar refractivity (Wildman–Crippen MR) is 73.1 cm³/mol. The van der Waals surface area contributed by atoms with Gasteiger partial charge in [-0.2, -0.15) is 4.98 Å². The van der Waals surface area contributed by atoms with Crippen LogP contribution in [0.2, 0.25) is 0 Å². The number of nitrogens with zero attached hydrogens (tertiary/aromatic N) is 6. The second-order valence-corrected chi connectivity index (χ2v) is 4.89. The van der Waals surface area contributed by atoms with Crippen molar-refractivity contribution in [2.75, 3.05) is 0 Å². The molecular weight excluding hydrogens is 276 g/mol. The summed E-state index contributed by atoms with van der Waals surface area (Å²) in [6.45, 7) is 3.53. The Hall–Kier alpha value is -2.71. The van der Waals surface area contributed by atoms with E-state index in [2.05, 4.69) is 15.1 Å². The van der Waals surface area contributed by atoms with Crippen LogP contribution in [0.4, 0.5) is 0 Å². The summed E-state index contributed by atoms with van der Waals surface area (Å²) in [6.07, 6.45) is 1.50. The van der Waals surface area contributed by atoms with E-state index in [1.54, 1.807) is 18.5 Å². The van der Waals surface area contributed by atoms with Gasteiger partial charge < -0.3 is 9.09 Å². The zero-order valence-corrected chi connectivity index (χ0v) is 12.1. The molecule has 0 aliphatic rings. The minimum absolute atomic E-state index is 0.322. The summed E-state index contributed by atoms with van der Waals surface area (Å²) in [6, 6.07) is -0.360. The fourth-order valence-electron chi connectivity index (χ4n) is 2.26. The van der Waals surface area contributed by atoms with Gasteiger partial charge in [-0.3, -0.25) is 13.9 Å². The van der Waals surface area contributed by atoms with Gasteiger partial charge in [-0.1, -0.05) is 5.16 Å². The molecule has 0 aromatic carbocycles. The second kappa shape index (κ2) is 4.40. The molecule has 1 atom stereocenters. The van der Waals surface area contributed by atoms with Gasteiger partial charge in [0, 0.05) is 14.1 Å². The van der Waals surface area contributed by atoms with Gasteiger partial charge in [-0.15, -0.1) is 0 Å². The highest BCUT2D eigenvalue weighted by Gasteiger charge is 2.21. The van der Waals surface area contributed by atoms with E-state index < -0.39 is 11.2 Å². The van der Waals surface area contributed by atoms with Crippen molar-refractivity contribution in [3.63, 3.8) is 0 Å². The van der Waals surface area contributed by atoms with E-state index in [4.69, 9.17) is 4.52 Å². The van der Waals surface area contributed by atoms with Crippen molar-refractivity contribution in [2.45, 2.75) is 19.9 Å². The van der Waals surface area contributed by atoms with Gasteiger partial charge in [0.1, 0.15) is 6.04 Å². The van der Waals surface area contributed by atoms with Crippen LogP contribution in [-0.4, -0.2) is 28.8 Å². The molecule has 110 valence electrons. The first-order valence-corrected chi connectivity index (χ1v) is 6.34. The molecule has 0 bridgehead atoms. The van der Waals surface area contributed by atoms with Crippen LogP contribution in [0, 0.1) is 6.92 Å². The van der Waals surface area contributed by atoms with Crippen molar-refractivity contribution in [2.24, 2.45) is 14.1 Å². The van der Waals surface area contributed by atoms with Gasteiger partial charge in [-0.25, -0.2) is 9.78 Å². The predicted octanol–water partition coefficient (Wildman–Crippen LogP) is -0.266. The SMILES string of the molecule is Cc1noc(C(C)n2cnc3c2c(=O)n(C)c(=O)n3C)n1. The fourth-order valence-corrected chi connectivity index (χ4v) is 2.26. The van der Waals surface area contributed by atoms with Crippen molar-refractivity contribution in [1.29, 1.82) is 0 Å². The monoisotopic (exact) mass is 290 g/mol. The second-order valence-electron chi connectivity index (χ2n) is 4.89. The number of hydrogen-bond acceptors (Lipinski definition) is 6. The summed E-state index contributed by atoms with van der Waals surface area (Å²) in [4.78, 5) is 32.6. The summed E-state index contributed by atoms with van der Waals surface area (Å²) in [7, 11) is 3.01. The lowest BCUT2D eigenvalue weighted by Crippen LogP contribution is -2.37. The van der Waals surface area contributed by atoms with Crippen LogP contribution in [0.3, 0.4) is 0 Å². The summed E-state index contributed by atoms with van der Waals surface area (Å²) in [5, 5.41) is 3.74. The van der Waals surface area contributed by atoms with Crippen molar-refractivity contribution in [1.82, 2.24) is 28.8 Å². The number of imidazole rings is 1. The molecule has 0 radical (unpaired) electrons. The summed E-state index contributed by atoms with van der Waals surface area (Å²) in [5.74, 6) is 0.893. The first-order chi connectivity index (χ1) is 9.91. The van der Waals surface area contributed by atoms with E-state index in [-0.39, 0.29) is 6.04 Å². The number of fused-ring (bicyclic) bond motifs is 1. The molecule has 0 aliphatic carbocycles. The molecule has 9 nitrogen and oxygen atoms in total. The largest absolute Gasteiger partial charge is 0.337 e. The summed E-state index contributed by atoms with van der Waals surface area (Å²) < 4.78 is 9.15. The molecule has 0 amide bonds. The maximum absolute atomic E-state index is 12.3. The maximum Gasteiger partial charge on any atom is 0.332 e. The zero-order valence-electron chi connectivity index (χ0n) is 12.1. The van der Waals surface area contributed by atoms with Crippen molar-refractivity contribution < 1.29 is 4.52 Å². The highest BCUT2D eigenvalue weighted by Crippen LogP contribution is 2.19. The average molecular weight is 290 g/mol. The minimum Gasteiger partial charge on any atom is -0.337 e. The molecule has 3 aromatic rings. The molecule has 0 spiro atoms. The molecule has 3 aromatic heterocycles. The third kappa shape index (κ3) is 1.81. The molecule has 21 heavy (non-hydrogen) atoms. The molecule has 1 unspecified atom stereocenters. The summed E-state index contributed by atoms with van der Waals surface area (Å²) >= 11 is 0. The third-order valence-corrected chi connectivity index (χ3v) is 3.49. The molecule has 0 N–H and O–H groups in total. The Labute approximate surface area is 118 Å². The van der Waals surface area contributed by atoms with E-state index in [0.29, 0.717) is 22.9 Å². The lowest BCUT2D eigenvalue weighted by molar-refractivity contribution is 0.345. The van der Waals surface area contributed by atoms with Crippen LogP contribution in [0.5, 0.6) is 0 Å². The Morgan fingerprint density at radius 1 is 1.24 bits per heavy atom. The standard InChI is InChI=1S/C12H14N6O3/c1-6(10-14-7(2)15-21-10)18-5-13-9-8(18)11(19)17(4)12(20)16(9)3/h5-6H,1-4H3. The van der Waals surface area contributed by atoms with Gasteiger partial charge in [0.05, 0.1) is 6.33 Å². The average Bonchev–Trinajstić information content (AvgIpc) is 3.08. The molecular formula is C12H14N6O3. The molecule has 3 rings (SSSR count). The maximum atomic E-state index is 12.3. The number of aromatic nitrogens is 6. The Kier molecular flexibility index (Phi) is 2.78. The highest BCUT2D eigenvalue weighted by atomic mass is 16.5. The molecule has 3 heterocycles. The van der Waals surface area contributed by atoms with Crippen LogP contribution in [0.25, 0.3) is 11.2 Å². The van der Waals surface area contributed by atoms with Gasteiger partial charge >= 0.3 is 5.69 Å². The first-order valence-electron chi connectivity index (χ1n) is 6.34.